The molecule has 1 aliphatic heterocycles. The summed E-state index contributed by atoms with van der Waals surface area (Å²) in [5.74, 6) is 0. The Labute approximate surface area is 67.5 Å². The van der Waals surface area contributed by atoms with Crippen LogP contribution in [0.25, 0.3) is 0 Å². The predicted molar refractivity (Wildman–Crippen MR) is 43.3 cm³/mol. The minimum Gasteiger partial charge on any atom is -0.353 e. The van der Waals surface area contributed by atoms with Crippen molar-refractivity contribution in [2.45, 2.75) is 25.6 Å². The van der Waals surface area contributed by atoms with Gasteiger partial charge in [-0.15, -0.1) is 5.73 Å². The average molecular weight is 154 g/mol. The maximum atomic E-state index is 5.34. The lowest BCUT2D eigenvalue weighted by atomic mass is 10.2. The molecule has 0 N–H and O–H groups in total. The molecule has 0 aliphatic carbocycles. The van der Waals surface area contributed by atoms with E-state index in [1.807, 2.05) is 0 Å². The van der Waals surface area contributed by atoms with E-state index in [4.69, 9.17) is 9.47 Å². The Balaban J connectivity index is 2.09. The molecule has 0 bridgehead atoms. The van der Waals surface area contributed by atoms with Gasteiger partial charge in [-0.1, -0.05) is 6.58 Å². The monoisotopic (exact) mass is 154 g/mol. The van der Waals surface area contributed by atoms with Gasteiger partial charge in [0.25, 0.3) is 0 Å². The summed E-state index contributed by atoms with van der Waals surface area (Å²) in [5, 5.41) is 0. The van der Waals surface area contributed by atoms with E-state index in [0.717, 1.165) is 19.4 Å². The zero-order valence-electron chi connectivity index (χ0n) is 6.71. The normalized spacial score (nSPS) is 24.2. The van der Waals surface area contributed by atoms with Crippen LogP contribution in [0.5, 0.6) is 0 Å². The van der Waals surface area contributed by atoms with Gasteiger partial charge < -0.3 is 9.47 Å². The molecule has 2 heteroatoms. The second kappa shape index (κ2) is 5.14. The van der Waals surface area contributed by atoms with Crippen molar-refractivity contribution in [3.8, 4) is 0 Å². The van der Waals surface area contributed by atoms with Crippen LogP contribution in [-0.2, 0) is 9.47 Å². The van der Waals surface area contributed by atoms with Gasteiger partial charge in [0.1, 0.15) is 0 Å². The third-order valence-corrected chi connectivity index (χ3v) is 1.65. The Hall–Kier alpha value is -0.560. The van der Waals surface area contributed by atoms with Crippen molar-refractivity contribution in [2.75, 3.05) is 13.2 Å². The van der Waals surface area contributed by atoms with Gasteiger partial charge in [-0.3, -0.25) is 0 Å². The van der Waals surface area contributed by atoms with Crippen molar-refractivity contribution in [1.82, 2.24) is 0 Å². The molecule has 0 aromatic rings. The first-order valence-corrected chi connectivity index (χ1v) is 4.01. The zero-order chi connectivity index (χ0) is 7.94. The predicted octanol–water partition coefficient (Wildman–Crippen LogP) is 1.87. The van der Waals surface area contributed by atoms with Crippen molar-refractivity contribution < 1.29 is 9.47 Å². The second-order valence-corrected chi connectivity index (χ2v) is 2.54. The first-order valence-electron chi connectivity index (χ1n) is 4.01. The van der Waals surface area contributed by atoms with E-state index in [2.05, 4.69) is 12.3 Å². The Morgan fingerprint density at radius 1 is 1.64 bits per heavy atom. The van der Waals surface area contributed by atoms with Crippen LogP contribution in [0.1, 0.15) is 19.3 Å². The van der Waals surface area contributed by atoms with Crippen LogP contribution < -0.4 is 0 Å². The lowest BCUT2D eigenvalue weighted by Gasteiger charge is -2.21. The van der Waals surface area contributed by atoms with Crippen LogP contribution >= 0.6 is 0 Å². The van der Waals surface area contributed by atoms with E-state index < -0.39 is 0 Å². The van der Waals surface area contributed by atoms with Gasteiger partial charge in [0, 0.05) is 6.61 Å². The zero-order valence-corrected chi connectivity index (χ0v) is 6.71. The fourth-order valence-corrected chi connectivity index (χ4v) is 1.06. The van der Waals surface area contributed by atoms with Gasteiger partial charge in [-0.2, -0.15) is 0 Å². The highest BCUT2D eigenvalue weighted by molar-refractivity contribution is 4.75. The maximum Gasteiger partial charge on any atom is 0.158 e. The lowest BCUT2D eigenvalue weighted by Crippen LogP contribution is -2.22. The molecular formula is C9H14O2. The fraction of sp³-hybridized carbons (Fsp3) is 0.667. The van der Waals surface area contributed by atoms with Gasteiger partial charge in [-0.25, -0.2) is 0 Å². The van der Waals surface area contributed by atoms with E-state index >= 15 is 0 Å². The molecule has 1 saturated heterocycles. The molecule has 1 rings (SSSR count). The van der Waals surface area contributed by atoms with Gasteiger partial charge >= 0.3 is 0 Å². The van der Waals surface area contributed by atoms with Crippen molar-refractivity contribution in [2.24, 2.45) is 0 Å². The van der Waals surface area contributed by atoms with Crippen LogP contribution in [0.4, 0.5) is 0 Å². The quantitative estimate of drug-likeness (QED) is 0.578. The average Bonchev–Trinajstić information content (AvgIpc) is 2.07. The first-order chi connectivity index (χ1) is 5.43. The highest BCUT2D eigenvalue weighted by Gasteiger charge is 2.12. The molecule has 1 fully saturated rings. The highest BCUT2D eigenvalue weighted by atomic mass is 16.7. The number of rotatable bonds is 3. The minimum absolute atomic E-state index is 0.00773. The third-order valence-electron chi connectivity index (χ3n) is 1.65. The van der Waals surface area contributed by atoms with E-state index in [9.17, 15) is 0 Å². The Bertz CT molecular complexity index is 142. The Kier molecular flexibility index (Phi) is 3.99. The lowest BCUT2D eigenvalue weighted by molar-refractivity contribution is -0.155. The van der Waals surface area contributed by atoms with E-state index in [0.29, 0.717) is 6.61 Å². The standard InChI is InChI=1S/C9H14O2/c1-2-3-7-10-9-6-4-5-8-11-9/h3,9H,1,4-8H2. The van der Waals surface area contributed by atoms with Crippen LogP contribution in [0.3, 0.4) is 0 Å². The van der Waals surface area contributed by atoms with Crippen LogP contribution in [0.2, 0.25) is 0 Å². The molecule has 0 amide bonds. The molecule has 0 radical (unpaired) electrons. The molecule has 2 nitrogen and oxygen atoms in total. The summed E-state index contributed by atoms with van der Waals surface area (Å²) in [7, 11) is 0. The van der Waals surface area contributed by atoms with Crippen molar-refractivity contribution >= 4 is 0 Å². The first kappa shape index (κ1) is 8.54. The SMILES string of the molecule is C=C=CCOC1CCCCO1. The molecule has 1 aliphatic rings. The van der Waals surface area contributed by atoms with Crippen LogP contribution in [0.15, 0.2) is 18.4 Å². The molecular weight excluding hydrogens is 140 g/mol. The molecule has 11 heavy (non-hydrogen) atoms. The van der Waals surface area contributed by atoms with Crippen LogP contribution in [-0.4, -0.2) is 19.5 Å². The Morgan fingerprint density at radius 2 is 2.55 bits per heavy atom. The number of ether oxygens (including phenoxy) is 2. The molecule has 0 aromatic carbocycles. The van der Waals surface area contributed by atoms with E-state index in [1.54, 1.807) is 6.08 Å². The topological polar surface area (TPSA) is 18.5 Å². The highest BCUT2D eigenvalue weighted by Crippen LogP contribution is 2.13. The van der Waals surface area contributed by atoms with Crippen molar-refractivity contribution in [3.05, 3.63) is 18.4 Å². The summed E-state index contributed by atoms with van der Waals surface area (Å²) in [6, 6.07) is 0. The summed E-state index contributed by atoms with van der Waals surface area (Å²) < 4.78 is 10.7. The largest absolute Gasteiger partial charge is 0.353 e. The summed E-state index contributed by atoms with van der Waals surface area (Å²) in [5.41, 5.74) is 2.65. The van der Waals surface area contributed by atoms with Crippen molar-refractivity contribution in [3.63, 3.8) is 0 Å². The van der Waals surface area contributed by atoms with Crippen molar-refractivity contribution in [1.29, 1.82) is 0 Å². The van der Waals surface area contributed by atoms with Crippen LogP contribution in [0, 0.1) is 0 Å². The Morgan fingerprint density at radius 3 is 3.18 bits per heavy atom. The summed E-state index contributed by atoms with van der Waals surface area (Å²) in [4.78, 5) is 0. The second-order valence-electron chi connectivity index (χ2n) is 2.54. The van der Waals surface area contributed by atoms with E-state index in [-0.39, 0.29) is 6.29 Å². The van der Waals surface area contributed by atoms with Gasteiger partial charge in [0.15, 0.2) is 6.29 Å². The smallest absolute Gasteiger partial charge is 0.158 e. The van der Waals surface area contributed by atoms with E-state index in [1.165, 1.54) is 6.42 Å². The summed E-state index contributed by atoms with van der Waals surface area (Å²) in [6.45, 7) is 4.84. The summed E-state index contributed by atoms with van der Waals surface area (Å²) >= 11 is 0. The summed E-state index contributed by atoms with van der Waals surface area (Å²) in [6.07, 6.45) is 5.16. The van der Waals surface area contributed by atoms with Gasteiger partial charge in [0.2, 0.25) is 0 Å². The molecule has 62 valence electrons. The van der Waals surface area contributed by atoms with Gasteiger partial charge in [0.05, 0.1) is 6.61 Å². The maximum absolute atomic E-state index is 5.34. The number of hydrogen-bond donors (Lipinski definition) is 0. The van der Waals surface area contributed by atoms with Gasteiger partial charge in [-0.05, 0) is 25.3 Å². The molecule has 0 spiro atoms. The molecule has 0 aromatic heterocycles. The molecule has 1 atom stereocenters. The molecule has 1 heterocycles. The molecule has 1 unspecified atom stereocenters. The number of hydrogen-bond acceptors (Lipinski definition) is 2. The fourth-order valence-electron chi connectivity index (χ4n) is 1.06. The molecule has 0 saturated carbocycles. The minimum atomic E-state index is 0.00773. The third kappa shape index (κ3) is 3.38.